The summed E-state index contributed by atoms with van der Waals surface area (Å²) in [4.78, 5) is 25.2. The third-order valence-electron chi connectivity index (χ3n) is 5.78. The van der Waals surface area contributed by atoms with Crippen molar-refractivity contribution in [2.24, 2.45) is 0 Å². The van der Waals surface area contributed by atoms with Crippen LogP contribution in [0.25, 0.3) is 5.69 Å². The Labute approximate surface area is 218 Å². The second-order valence-electron chi connectivity index (χ2n) is 8.43. The molecule has 0 aliphatic heterocycles. The highest BCUT2D eigenvalue weighted by atomic mass is 32.2. The van der Waals surface area contributed by atoms with E-state index in [0.717, 1.165) is 0 Å². The summed E-state index contributed by atoms with van der Waals surface area (Å²) in [6, 6.07) is 17.9. The van der Waals surface area contributed by atoms with E-state index in [-0.39, 0.29) is 34.9 Å². The molecule has 0 radical (unpaired) electrons. The molecule has 0 atom stereocenters. The molecule has 38 heavy (non-hydrogen) atoms. The lowest BCUT2D eigenvalue weighted by molar-refractivity contribution is 0.0696. The molecule has 4 aromatic rings. The number of aromatic nitrogens is 3. The van der Waals surface area contributed by atoms with Crippen LogP contribution in [0.3, 0.4) is 0 Å². The van der Waals surface area contributed by atoms with E-state index in [2.05, 4.69) is 15.0 Å². The number of halogens is 1. The van der Waals surface area contributed by atoms with E-state index in [1.54, 1.807) is 37.4 Å². The second-order valence-corrected chi connectivity index (χ2v) is 10.2. The van der Waals surface area contributed by atoms with E-state index >= 15 is 0 Å². The van der Waals surface area contributed by atoms with Crippen molar-refractivity contribution in [3.63, 3.8) is 0 Å². The van der Waals surface area contributed by atoms with Crippen molar-refractivity contribution < 1.29 is 27.5 Å². The largest absolute Gasteiger partial charge is 0.478 e. The Balaban J connectivity index is 1.39. The molecule has 0 aliphatic carbocycles. The molecule has 0 fully saturated rings. The molecule has 10 nitrogen and oxygen atoms in total. The van der Waals surface area contributed by atoms with Gasteiger partial charge >= 0.3 is 5.97 Å². The predicted octanol–water partition coefficient (Wildman–Crippen LogP) is 2.90. The number of likely N-dealkylation sites (N-methyl/N-ethyl adjacent to an activating group) is 1. The Morgan fingerprint density at radius 3 is 2.47 bits per heavy atom. The lowest BCUT2D eigenvalue weighted by atomic mass is 10.1. The minimum atomic E-state index is -3.98. The molecule has 0 saturated carbocycles. The SMILES string of the molecule is CN(CCc1ccccc1F)C(=O)c1cccc(S(=O)(=O)NCc2cn(-c3ccc(C(=O)O)cc3)nn2)c1. The number of amides is 1. The Morgan fingerprint density at radius 1 is 1.03 bits per heavy atom. The van der Waals surface area contributed by atoms with E-state index < -0.39 is 21.9 Å². The van der Waals surface area contributed by atoms with E-state index in [1.165, 1.54) is 58.2 Å². The first kappa shape index (κ1) is 26.6. The van der Waals surface area contributed by atoms with Crippen LogP contribution in [0.15, 0.2) is 83.9 Å². The van der Waals surface area contributed by atoms with Crippen LogP contribution in [0.2, 0.25) is 0 Å². The fourth-order valence-corrected chi connectivity index (χ4v) is 4.67. The average Bonchev–Trinajstić information content (AvgIpc) is 3.40. The van der Waals surface area contributed by atoms with Gasteiger partial charge in [-0.15, -0.1) is 5.10 Å². The fourth-order valence-electron chi connectivity index (χ4n) is 3.62. The van der Waals surface area contributed by atoms with Gasteiger partial charge in [-0.05, 0) is 60.5 Å². The molecule has 2 N–H and O–H groups in total. The van der Waals surface area contributed by atoms with Crippen molar-refractivity contribution in [2.45, 2.75) is 17.9 Å². The van der Waals surface area contributed by atoms with Crippen molar-refractivity contribution in [3.05, 3.63) is 107 Å². The first-order chi connectivity index (χ1) is 18.1. The first-order valence-electron chi connectivity index (χ1n) is 11.5. The second kappa shape index (κ2) is 11.3. The van der Waals surface area contributed by atoms with Crippen LogP contribution in [0.4, 0.5) is 4.39 Å². The minimum absolute atomic E-state index is 0.0949. The van der Waals surface area contributed by atoms with Crippen molar-refractivity contribution in [1.82, 2.24) is 24.6 Å². The summed E-state index contributed by atoms with van der Waals surface area (Å²) in [6.45, 7) is 0.0972. The Hall–Kier alpha value is -4.42. The number of aromatic carboxylic acids is 1. The van der Waals surface area contributed by atoms with Gasteiger partial charge in [-0.1, -0.05) is 29.5 Å². The molecule has 1 amide bonds. The standard InChI is InChI=1S/C26H24FN5O5S/c1-31(14-13-18-5-2-3-8-24(18)27)25(33)20-6-4-7-23(15-20)38(36,37)28-16-21-17-32(30-29-21)22-11-9-19(10-12-22)26(34)35/h2-12,15,17,28H,13-14,16H2,1H3,(H,34,35). The quantitative estimate of drug-likeness (QED) is 0.318. The van der Waals surface area contributed by atoms with Crippen molar-refractivity contribution in [3.8, 4) is 5.69 Å². The zero-order chi connectivity index (χ0) is 27.3. The number of carboxylic acid groups (broad SMARTS) is 1. The van der Waals surface area contributed by atoms with Gasteiger partial charge in [0.1, 0.15) is 5.82 Å². The van der Waals surface area contributed by atoms with Crippen LogP contribution in [0, 0.1) is 5.82 Å². The van der Waals surface area contributed by atoms with E-state index in [0.29, 0.717) is 23.4 Å². The van der Waals surface area contributed by atoms with Gasteiger partial charge in [-0.2, -0.15) is 0 Å². The average molecular weight is 538 g/mol. The summed E-state index contributed by atoms with van der Waals surface area (Å²) in [5, 5.41) is 16.9. The molecule has 0 bridgehead atoms. The van der Waals surface area contributed by atoms with Gasteiger partial charge in [0.05, 0.1) is 34.6 Å². The number of carbonyl (C=O) groups is 2. The summed E-state index contributed by atoms with van der Waals surface area (Å²) >= 11 is 0. The molecular formula is C26H24FN5O5S. The molecule has 12 heteroatoms. The summed E-state index contributed by atoms with van der Waals surface area (Å²) in [5.74, 6) is -1.79. The van der Waals surface area contributed by atoms with Crippen LogP contribution in [0.1, 0.15) is 32.0 Å². The smallest absolute Gasteiger partial charge is 0.335 e. The maximum absolute atomic E-state index is 13.9. The normalized spacial score (nSPS) is 11.3. The number of hydrogen-bond donors (Lipinski definition) is 2. The maximum atomic E-state index is 13.9. The number of carboxylic acids is 1. The van der Waals surface area contributed by atoms with Crippen LogP contribution < -0.4 is 4.72 Å². The fraction of sp³-hybridized carbons (Fsp3) is 0.154. The summed E-state index contributed by atoms with van der Waals surface area (Å²) in [7, 11) is -2.41. The van der Waals surface area contributed by atoms with Crippen LogP contribution in [-0.2, 0) is 23.0 Å². The van der Waals surface area contributed by atoms with Gasteiger partial charge in [0.2, 0.25) is 10.0 Å². The highest BCUT2D eigenvalue weighted by molar-refractivity contribution is 7.89. The molecule has 3 aromatic carbocycles. The molecule has 196 valence electrons. The summed E-state index contributed by atoms with van der Waals surface area (Å²) in [5.41, 5.74) is 1.68. The van der Waals surface area contributed by atoms with Gasteiger partial charge < -0.3 is 10.0 Å². The molecule has 0 saturated heterocycles. The molecule has 1 heterocycles. The van der Waals surface area contributed by atoms with Crippen LogP contribution >= 0.6 is 0 Å². The lowest BCUT2D eigenvalue weighted by Crippen LogP contribution is -2.29. The third kappa shape index (κ3) is 6.28. The Morgan fingerprint density at radius 2 is 1.76 bits per heavy atom. The predicted molar refractivity (Wildman–Crippen MR) is 136 cm³/mol. The van der Waals surface area contributed by atoms with Crippen molar-refractivity contribution in [1.29, 1.82) is 0 Å². The van der Waals surface area contributed by atoms with Gasteiger partial charge in [0.25, 0.3) is 5.91 Å². The van der Waals surface area contributed by atoms with Crippen molar-refractivity contribution in [2.75, 3.05) is 13.6 Å². The molecule has 0 spiro atoms. The highest BCUT2D eigenvalue weighted by Gasteiger charge is 2.19. The van der Waals surface area contributed by atoms with E-state index in [9.17, 15) is 22.4 Å². The van der Waals surface area contributed by atoms with E-state index in [4.69, 9.17) is 5.11 Å². The maximum Gasteiger partial charge on any atom is 0.335 e. The molecule has 0 unspecified atom stereocenters. The summed E-state index contributed by atoms with van der Waals surface area (Å²) in [6.07, 6.45) is 1.83. The van der Waals surface area contributed by atoms with Gasteiger partial charge in [-0.3, -0.25) is 4.79 Å². The topological polar surface area (TPSA) is 134 Å². The lowest BCUT2D eigenvalue weighted by Gasteiger charge is -2.18. The Kier molecular flexibility index (Phi) is 7.93. The Bertz CT molecular complexity index is 1570. The third-order valence-corrected chi connectivity index (χ3v) is 7.17. The number of carbonyl (C=O) groups excluding carboxylic acids is 1. The van der Waals surface area contributed by atoms with E-state index in [1.807, 2.05) is 0 Å². The zero-order valence-electron chi connectivity index (χ0n) is 20.3. The van der Waals surface area contributed by atoms with Crippen LogP contribution in [0.5, 0.6) is 0 Å². The number of sulfonamides is 1. The van der Waals surface area contributed by atoms with Gasteiger partial charge in [-0.25, -0.2) is 27.0 Å². The zero-order valence-corrected chi connectivity index (χ0v) is 21.1. The molecule has 0 aliphatic rings. The summed E-state index contributed by atoms with van der Waals surface area (Å²) < 4.78 is 43.5. The molecule has 4 rings (SSSR count). The van der Waals surface area contributed by atoms with Gasteiger partial charge in [0, 0.05) is 19.2 Å². The highest BCUT2D eigenvalue weighted by Crippen LogP contribution is 2.15. The van der Waals surface area contributed by atoms with Gasteiger partial charge in [0.15, 0.2) is 0 Å². The van der Waals surface area contributed by atoms with Crippen LogP contribution in [-0.4, -0.2) is 58.9 Å². The molecular weight excluding hydrogens is 513 g/mol. The monoisotopic (exact) mass is 537 g/mol. The number of nitrogens with zero attached hydrogens (tertiary/aromatic N) is 4. The first-order valence-corrected chi connectivity index (χ1v) is 13.0. The number of rotatable bonds is 10. The number of hydrogen-bond acceptors (Lipinski definition) is 6. The van der Waals surface area contributed by atoms with Crippen molar-refractivity contribution >= 4 is 21.9 Å². The minimum Gasteiger partial charge on any atom is -0.478 e. The number of benzene rings is 3. The molecule has 1 aromatic heterocycles. The number of nitrogens with one attached hydrogen (secondary N) is 1.